The van der Waals surface area contributed by atoms with Gasteiger partial charge in [-0.15, -0.1) is 0 Å². The van der Waals surface area contributed by atoms with Gasteiger partial charge in [-0.1, -0.05) is 0 Å². The number of hydrogen-bond donors (Lipinski definition) is 1. The first kappa shape index (κ1) is 19.6. The maximum Gasteiger partial charge on any atom is 0.268 e. The fourth-order valence-corrected chi connectivity index (χ4v) is 3.75. The lowest BCUT2D eigenvalue weighted by Gasteiger charge is -2.37. The lowest BCUT2D eigenvalue weighted by Crippen LogP contribution is -2.51. The van der Waals surface area contributed by atoms with E-state index >= 15 is 0 Å². The van der Waals surface area contributed by atoms with Crippen LogP contribution in [0.3, 0.4) is 0 Å². The first-order valence-electron chi connectivity index (χ1n) is 10.5. The molecule has 4 heterocycles. The van der Waals surface area contributed by atoms with Gasteiger partial charge >= 0.3 is 0 Å². The molecule has 1 amide bonds. The number of β-amino-alcohol motifs (C(OH)–C–C–N with tert-alkyl or cyclic N) is 1. The monoisotopic (exact) mass is 421 g/mol. The normalized spacial score (nSPS) is 21.0. The van der Waals surface area contributed by atoms with E-state index in [9.17, 15) is 15.2 Å². The maximum absolute atomic E-state index is 12.9. The molecule has 160 valence electrons. The fraction of sp³-hybridized carbons (Fsp3) is 0.455. The van der Waals surface area contributed by atoms with Gasteiger partial charge in [-0.25, -0.2) is 9.97 Å². The molecule has 0 spiro atoms. The van der Waals surface area contributed by atoms with E-state index in [4.69, 9.17) is 9.47 Å². The molecule has 1 atom stereocenters. The van der Waals surface area contributed by atoms with Gasteiger partial charge in [0.1, 0.15) is 17.6 Å². The number of nitrogens with zero attached hydrogens (tertiary/aromatic N) is 5. The third-order valence-electron chi connectivity index (χ3n) is 5.75. The summed E-state index contributed by atoms with van der Waals surface area (Å²) in [6.07, 6.45) is 5.13. The molecule has 0 unspecified atom stereocenters. The van der Waals surface area contributed by atoms with Crippen molar-refractivity contribution < 1.29 is 19.4 Å². The first-order chi connectivity index (χ1) is 15.1. The van der Waals surface area contributed by atoms with Crippen LogP contribution < -0.4 is 19.3 Å². The molecule has 9 heteroatoms. The quantitative estimate of drug-likeness (QED) is 0.716. The molecule has 2 aliphatic heterocycles. The number of rotatable bonds is 7. The summed E-state index contributed by atoms with van der Waals surface area (Å²) in [5, 5.41) is 19.0. The highest BCUT2D eigenvalue weighted by Crippen LogP contribution is 2.31. The van der Waals surface area contributed by atoms with Crippen LogP contribution in [0.4, 0.5) is 11.5 Å². The highest BCUT2D eigenvalue weighted by Gasteiger charge is 2.35. The Morgan fingerprint density at radius 2 is 2.03 bits per heavy atom. The molecule has 1 saturated carbocycles. The molecule has 2 saturated heterocycles. The summed E-state index contributed by atoms with van der Waals surface area (Å²) in [6, 6.07) is 7.32. The van der Waals surface area contributed by atoms with Crippen LogP contribution in [0.25, 0.3) is 0 Å². The number of aromatic nitrogens is 2. The van der Waals surface area contributed by atoms with Crippen LogP contribution in [0, 0.1) is 17.2 Å². The number of hydrogen-bond acceptors (Lipinski definition) is 8. The van der Waals surface area contributed by atoms with Gasteiger partial charge in [0.15, 0.2) is 6.10 Å². The van der Waals surface area contributed by atoms with Crippen molar-refractivity contribution in [1.29, 1.82) is 5.26 Å². The molecule has 5 rings (SSSR count). The maximum atomic E-state index is 12.9. The van der Waals surface area contributed by atoms with Gasteiger partial charge in [0, 0.05) is 32.1 Å². The Hall–Kier alpha value is -3.38. The van der Waals surface area contributed by atoms with E-state index in [0.29, 0.717) is 67.3 Å². The smallest absolute Gasteiger partial charge is 0.268 e. The van der Waals surface area contributed by atoms with Crippen LogP contribution in [0.5, 0.6) is 11.6 Å². The third kappa shape index (κ3) is 4.11. The predicted molar refractivity (Wildman–Crippen MR) is 111 cm³/mol. The van der Waals surface area contributed by atoms with Crippen LogP contribution in [0.2, 0.25) is 0 Å². The van der Waals surface area contributed by atoms with E-state index in [1.165, 1.54) is 12.8 Å². The second-order valence-electron chi connectivity index (χ2n) is 8.21. The van der Waals surface area contributed by atoms with Crippen molar-refractivity contribution in [2.75, 3.05) is 36.0 Å². The van der Waals surface area contributed by atoms with Crippen molar-refractivity contribution in [2.45, 2.75) is 31.5 Å². The van der Waals surface area contributed by atoms with E-state index in [1.807, 2.05) is 4.90 Å². The Balaban J connectivity index is 1.22. The number of carbonyl (C=O) groups is 1. The predicted octanol–water partition coefficient (Wildman–Crippen LogP) is 1.50. The first-order valence-corrected chi connectivity index (χ1v) is 10.5. The second-order valence-corrected chi connectivity index (χ2v) is 8.21. The molecule has 3 fully saturated rings. The Labute approximate surface area is 179 Å². The van der Waals surface area contributed by atoms with E-state index < -0.39 is 6.10 Å². The zero-order valence-electron chi connectivity index (χ0n) is 17.0. The number of pyridine rings is 2. The molecule has 0 radical (unpaired) electrons. The van der Waals surface area contributed by atoms with Gasteiger partial charge in [-0.3, -0.25) is 4.79 Å². The summed E-state index contributed by atoms with van der Waals surface area (Å²) in [4.78, 5) is 24.9. The molecule has 3 aliphatic rings. The van der Waals surface area contributed by atoms with E-state index in [1.54, 1.807) is 35.5 Å². The minimum absolute atomic E-state index is 0.174. The van der Waals surface area contributed by atoms with Crippen LogP contribution in [-0.4, -0.2) is 59.4 Å². The highest BCUT2D eigenvalue weighted by molar-refractivity contribution is 5.99. The molecule has 0 aromatic carbocycles. The molecule has 1 N–H and O–H groups in total. The van der Waals surface area contributed by atoms with E-state index in [-0.39, 0.29) is 12.0 Å². The average molecular weight is 421 g/mol. The zero-order valence-corrected chi connectivity index (χ0v) is 17.0. The zero-order chi connectivity index (χ0) is 21.4. The summed E-state index contributed by atoms with van der Waals surface area (Å²) < 4.78 is 11.5. The standard InChI is InChI=1S/C22H23N5O4/c23-8-15-7-16(9-25-21(15)26-11-17(28)12-26)27-6-5-19(22(27)29)31-18-3-4-20(24-10-18)30-13-14-1-2-14/h3-4,7,9-10,14,17,19,28H,1-2,5-6,11-13H2/t19-/m1/s1. The second kappa shape index (κ2) is 8.04. The molecule has 2 aromatic heterocycles. The molecule has 9 nitrogen and oxygen atoms in total. The topological polar surface area (TPSA) is 112 Å². The van der Waals surface area contributed by atoms with Crippen molar-refractivity contribution in [1.82, 2.24) is 9.97 Å². The van der Waals surface area contributed by atoms with Gasteiger partial charge in [0.05, 0.1) is 36.4 Å². The van der Waals surface area contributed by atoms with Crippen molar-refractivity contribution in [2.24, 2.45) is 5.92 Å². The van der Waals surface area contributed by atoms with Gasteiger partial charge < -0.3 is 24.4 Å². The SMILES string of the molecule is N#Cc1cc(N2CC[C@@H](Oc3ccc(OCC4CC4)nc3)C2=O)cnc1N1CC(O)C1. The molecular formula is C22H23N5O4. The van der Waals surface area contributed by atoms with Crippen molar-refractivity contribution >= 4 is 17.4 Å². The summed E-state index contributed by atoms with van der Waals surface area (Å²) in [5.74, 6) is 2.09. The summed E-state index contributed by atoms with van der Waals surface area (Å²) in [7, 11) is 0. The summed E-state index contributed by atoms with van der Waals surface area (Å²) in [5.41, 5.74) is 0.951. The van der Waals surface area contributed by atoms with Crippen LogP contribution >= 0.6 is 0 Å². The van der Waals surface area contributed by atoms with E-state index in [2.05, 4.69) is 16.0 Å². The fourth-order valence-electron chi connectivity index (χ4n) is 3.75. The lowest BCUT2D eigenvalue weighted by atomic mass is 10.1. The Morgan fingerprint density at radius 3 is 2.71 bits per heavy atom. The minimum Gasteiger partial charge on any atom is -0.479 e. The Kier molecular flexibility index (Phi) is 5.08. The third-order valence-corrected chi connectivity index (χ3v) is 5.75. The molecule has 31 heavy (non-hydrogen) atoms. The number of carbonyl (C=O) groups excluding carboxylic acids is 1. The lowest BCUT2D eigenvalue weighted by molar-refractivity contribution is -0.122. The Morgan fingerprint density at radius 1 is 1.19 bits per heavy atom. The molecule has 2 aromatic rings. The van der Waals surface area contributed by atoms with Crippen LogP contribution in [0.15, 0.2) is 30.6 Å². The number of aliphatic hydroxyl groups excluding tert-OH is 1. The van der Waals surface area contributed by atoms with Crippen molar-refractivity contribution in [3.05, 3.63) is 36.2 Å². The molecule has 1 aliphatic carbocycles. The average Bonchev–Trinajstić information content (AvgIpc) is 3.53. The van der Waals surface area contributed by atoms with Crippen LogP contribution in [0.1, 0.15) is 24.8 Å². The number of amides is 1. The number of aliphatic hydroxyl groups is 1. The largest absolute Gasteiger partial charge is 0.479 e. The van der Waals surface area contributed by atoms with Gasteiger partial charge in [0.25, 0.3) is 5.91 Å². The van der Waals surface area contributed by atoms with Crippen molar-refractivity contribution in [3.63, 3.8) is 0 Å². The number of ether oxygens (including phenoxy) is 2. The molecule has 0 bridgehead atoms. The van der Waals surface area contributed by atoms with E-state index in [0.717, 1.165) is 0 Å². The Bertz CT molecular complexity index is 1010. The van der Waals surface area contributed by atoms with Gasteiger partial charge in [-0.05, 0) is 30.9 Å². The molecular weight excluding hydrogens is 398 g/mol. The van der Waals surface area contributed by atoms with Crippen molar-refractivity contribution in [3.8, 4) is 17.7 Å². The minimum atomic E-state index is -0.615. The number of anilines is 2. The summed E-state index contributed by atoms with van der Waals surface area (Å²) >= 11 is 0. The number of nitriles is 1. The van der Waals surface area contributed by atoms with Gasteiger partial charge in [0.2, 0.25) is 5.88 Å². The summed E-state index contributed by atoms with van der Waals surface area (Å²) in [6.45, 7) is 2.09. The highest BCUT2D eigenvalue weighted by atomic mass is 16.5. The van der Waals surface area contributed by atoms with Crippen LogP contribution in [-0.2, 0) is 4.79 Å². The van der Waals surface area contributed by atoms with Gasteiger partial charge in [-0.2, -0.15) is 5.26 Å².